The molecule has 0 heterocycles. The molecule has 0 saturated carbocycles. The van der Waals surface area contributed by atoms with E-state index >= 15 is 0 Å². The van der Waals surface area contributed by atoms with Crippen molar-refractivity contribution in [2.24, 2.45) is 0 Å². The van der Waals surface area contributed by atoms with Gasteiger partial charge in [0.15, 0.2) is 0 Å². The SMILES string of the molecule is CCc1ccc(C(=O)OC(=O)c2ccccc2)cc1CC. The van der Waals surface area contributed by atoms with Crippen LogP contribution in [0.4, 0.5) is 0 Å². The van der Waals surface area contributed by atoms with Crippen molar-refractivity contribution >= 4 is 11.9 Å². The van der Waals surface area contributed by atoms with Crippen LogP contribution in [0.5, 0.6) is 0 Å². The number of hydrogen-bond acceptors (Lipinski definition) is 3. The fourth-order valence-corrected chi connectivity index (χ4v) is 2.20. The van der Waals surface area contributed by atoms with Crippen molar-refractivity contribution in [1.29, 1.82) is 0 Å². The molecule has 3 heteroatoms. The Bertz CT molecular complexity index is 645. The Kier molecular flexibility index (Phi) is 4.88. The summed E-state index contributed by atoms with van der Waals surface area (Å²) in [5, 5.41) is 0. The zero-order valence-corrected chi connectivity index (χ0v) is 12.3. The van der Waals surface area contributed by atoms with Crippen LogP contribution in [-0.2, 0) is 17.6 Å². The largest absolute Gasteiger partial charge is 0.386 e. The van der Waals surface area contributed by atoms with E-state index < -0.39 is 11.9 Å². The Balaban J connectivity index is 2.15. The van der Waals surface area contributed by atoms with Gasteiger partial charge in [0, 0.05) is 0 Å². The highest BCUT2D eigenvalue weighted by Gasteiger charge is 2.15. The quantitative estimate of drug-likeness (QED) is 0.632. The Morgan fingerprint density at radius 2 is 1.43 bits per heavy atom. The average Bonchev–Trinajstić information content (AvgIpc) is 2.54. The van der Waals surface area contributed by atoms with Crippen molar-refractivity contribution in [2.45, 2.75) is 26.7 Å². The molecule has 0 spiro atoms. The summed E-state index contributed by atoms with van der Waals surface area (Å²) in [5.41, 5.74) is 3.10. The van der Waals surface area contributed by atoms with E-state index in [0.717, 1.165) is 18.4 Å². The summed E-state index contributed by atoms with van der Waals surface area (Å²) in [4.78, 5) is 23.9. The fourth-order valence-electron chi connectivity index (χ4n) is 2.20. The van der Waals surface area contributed by atoms with Gasteiger partial charge in [-0.25, -0.2) is 9.59 Å². The highest BCUT2D eigenvalue weighted by molar-refractivity contribution is 6.02. The first-order valence-corrected chi connectivity index (χ1v) is 7.09. The zero-order chi connectivity index (χ0) is 15.2. The van der Waals surface area contributed by atoms with Crippen molar-refractivity contribution in [3.8, 4) is 0 Å². The Hall–Kier alpha value is -2.42. The molecule has 0 saturated heterocycles. The maximum absolute atomic E-state index is 12.1. The van der Waals surface area contributed by atoms with Crippen molar-refractivity contribution in [2.75, 3.05) is 0 Å². The van der Waals surface area contributed by atoms with Crippen LogP contribution in [0.3, 0.4) is 0 Å². The van der Waals surface area contributed by atoms with Gasteiger partial charge >= 0.3 is 11.9 Å². The molecular formula is C18H18O3. The number of rotatable bonds is 4. The van der Waals surface area contributed by atoms with E-state index in [1.807, 2.05) is 13.0 Å². The van der Waals surface area contributed by atoms with E-state index in [4.69, 9.17) is 4.74 Å². The van der Waals surface area contributed by atoms with Gasteiger partial charge in [-0.15, -0.1) is 0 Å². The van der Waals surface area contributed by atoms with Crippen LogP contribution in [0.15, 0.2) is 48.5 Å². The minimum Gasteiger partial charge on any atom is -0.386 e. The maximum Gasteiger partial charge on any atom is 0.346 e. The Labute approximate surface area is 124 Å². The number of carbonyl (C=O) groups is 2. The number of hydrogen-bond donors (Lipinski definition) is 0. The van der Waals surface area contributed by atoms with Gasteiger partial charge in [-0.2, -0.15) is 0 Å². The number of aryl methyl sites for hydroxylation is 2. The second kappa shape index (κ2) is 6.84. The topological polar surface area (TPSA) is 43.4 Å². The van der Waals surface area contributed by atoms with Crippen LogP contribution >= 0.6 is 0 Å². The molecule has 0 aliphatic rings. The summed E-state index contributed by atoms with van der Waals surface area (Å²) >= 11 is 0. The second-order valence-corrected chi connectivity index (χ2v) is 4.73. The van der Waals surface area contributed by atoms with Crippen molar-refractivity contribution < 1.29 is 14.3 Å². The third-order valence-corrected chi connectivity index (χ3v) is 3.40. The predicted octanol–water partition coefficient (Wildman–Crippen LogP) is 3.81. The number of benzene rings is 2. The molecule has 0 unspecified atom stereocenters. The normalized spacial score (nSPS) is 10.2. The van der Waals surface area contributed by atoms with Crippen molar-refractivity contribution in [3.63, 3.8) is 0 Å². The van der Waals surface area contributed by atoms with E-state index in [-0.39, 0.29) is 0 Å². The molecule has 0 aromatic heterocycles. The molecule has 0 N–H and O–H groups in total. The average molecular weight is 282 g/mol. The lowest BCUT2D eigenvalue weighted by Gasteiger charge is -2.08. The molecule has 0 atom stereocenters. The van der Waals surface area contributed by atoms with Gasteiger partial charge in [0.1, 0.15) is 0 Å². The first-order valence-electron chi connectivity index (χ1n) is 7.09. The van der Waals surface area contributed by atoms with Gasteiger partial charge in [-0.3, -0.25) is 0 Å². The van der Waals surface area contributed by atoms with Crippen molar-refractivity contribution in [3.05, 3.63) is 70.8 Å². The van der Waals surface area contributed by atoms with Gasteiger partial charge in [0.25, 0.3) is 0 Å². The summed E-state index contributed by atoms with van der Waals surface area (Å²) in [7, 11) is 0. The van der Waals surface area contributed by atoms with Crippen LogP contribution < -0.4 is 0 Å². The lowest BCUT2D eigenvalue weighted by Crippen LogP contribution is -2.13. The highest BCUT2D eigenvalue weighted by atomic mass is 16.6. The lowest BCUT2D eigenvalue weighted by atomic mass is 10.0. The molecule has 0 amide bonds. The first kappa shape index (κ1) is 15.0. The Morgan fingerprint density at radius 1 is 0.810 bits per heavy atom. The predicted molar refractivity (Wildman–Crippen MR) is 81.4 cm³/mol. The van der Waals surface area contributed by atoms with Gasteiger partial charge < -0.3 is 4.74 Å². The second-order valence-electron chi connectivity index (χ2n) is 4.73. The minimum atomic E-state index is -0.627. The van der Waals surface area contributed by atoms with Gasteiger partial charge in [0.05, 0.1) is 11.1 Å². The molecule has 2 rings (SSSR count). The van der Waals surface area contributed by atoms with Crippen LogP contribution in [-0.4, -0.2) is 11.9 Å². The fraction of sp³-hybridized carbons (Fsp3) is 0.222. The van der Waals surface area contributed by atoms with Crippen LogP contribution in [0.2, 0.25) is 0 Å². The maximum atomic E-state index is 12.1. The molecule has 0 radical (unpaired) electrons. The summed E-state index contributed by atoms with van der Waals surface area (Å²) < 4.78 is 4.92. The molecule has 0 aliphatic heterocycles. The molecule has 3 nitrogen and oxygen atoms in total. The van der Waals surface area contributed by atoms with Crippen LogP contribution in [0, 0.1) is 0 Å². The Morgan fingerprint density at radius 3 is 2.05 bits per heavy atom. The van der Waals surface area contributed by atoms with Crippen molar-refractivity contribution in [1.82, 2.24) is 0 Å². The zero-order valence-electron chi connectivity index (χ0n) is 12.3. The molecule has 21 heavy (non-hydrogen) atoms. The van der Waals surface area contributed by atoms with Crippen LogP contribution in [0.1, 0.15) is 45.7 Å². The molecule has 0 bridgehead atoms. The van der Waals surface area contributed by atoms with Gasteiger partial charge in [-0.1, -0.05) is 38.1 Å². The standard InChI is InChI=1S/C18H18O3/c1-3-13-10-11-16(12-14(13)4-2)18(20)21-17(19)15-8-6-5-7-9-15/h5-12H,3-4H2,1-2H3. The van der Waals surface area contributed by atoms with E-state index in [1.165, 1.54) is 5.56 Å². The van der Waals surface area contributed by atoms with Gasteiger partial charge in [-0.05, 0) is 48.2 Å². The summed E-state index contributed by atoms with van der Waals surface area (Å²) in [6.07, 6.45) is 1.76. The van der Waals surface area contributed by atoms with E-state index in [0.29, 0.717) is 11.1 Å². The summed E-state index contributed by atoms with van der Waals surface area (Å²) in [5.74, 6) is -1.24. The number of carbonyl (C=O) groups excluding carboxylic acids is 2. The highest BCUT2D eigenvalue weighted by Crippen LogP contribution is 2.15. The van der Waals surface area contributed by atoms with E-state index in [2.05, 4.69) is 6.92 Å². The molecule has 2 aromatic carbocycles. The monoisotopic (exact) mass is 282 g/mol. The molecular weight excluding hydrogens is 264 g/mol. The van der Waals surface area contributed by atoms with Crippen LogP contribution in [0.25, 0.3) is 0 Å². The molecule has 0 fully saturated rings. The smallest absolute Gasteiger partial charge is 0.346 e. The lowest BCUT2D eigenvalue weighted by molar-refractivity contribution is 0.0397. The number of ether oxygens (including phenoxy) is 1. The minimum absolute atomic E-state index is 0.367. The third-order valence-electron chi connectivity index (χ3n) is 3.40. The first-order chi connectivity index (χ1) is 10.2. The van der Waals surface area contributed by atoms with Gasteiger partial charge in [0.2, 0.25) is 0 Å². The summed E-state index contributed by atoms with van der Waals surface area (Å²) in [6, 6.07) is 13.9. The number of esters is 2. The van der Waals surface area contributed by atoms with E-state index in [9.17, 15) is 9.59 Å². The molecule has 0 aliphatic carbocycles. The van der Waals surface area contributed by atoms with E-state index in [1.54, 1.807) is 42.5 Å². The molecule has 2 aromatic rings. The molecule has 108 valence electrons. The summed E-state index contributed by atoms with van der Waals surface area (Å²) in [6.45, 7) is 4.12. The third kappa shape index (κ3) is 3.57.